The Morgan fingerprint density at radius 2 is 1.95 bits per heavy atom. The molecule has 9 heteroatoms. The quantitative estimate of drug-likeness (QED) is 0.882. The second-order valence-corrected chi connectivity index (χ2v) is 5.83. The third kappa shape index (κ3) is 3.31. The Labute approximate surface area is 118 Å². The number of hydrogen-bond donors (Lipinski definition) is 1. The van der Waals surface area contributed by atoms with Gasteiger partial charge in [0.1, 0.15) is 15.9 Å². The SMILES string of the molecule is O=S(=O)(Nc1nccc(Cl)n1)c1cc(F)ccc1Cl. The van der Waals surface area contributed by atoms with Crippen molar-refractivity contribution in [2.24, 2.45) is 0 Å². The lowest BCUT2D eigenvalue weighted by Gasteiger charge is -2.08. The highest BCUT2D eigenvalue weighted by Gasteiger charge is 2.20. The lowest BCUT2D eigenvalue weighted by Crippen LogP contribution is -2.15. The minimum absolute atomic E-state index is 0.0676. The van der Waals surface area contributed by atoms with E-state index < -0.39 is 20.7 Å². The fourth-order valence-corrected chi connectivity index (χ4v) is 2.84. The monoisotopic (exact) mass is 321 g/mol. The van der Waals surface area contributed by atoms with Crippen molar-refractivity contribution in [1.82, 2.24) is 9.97 Å². The highest BCUT2D eigenvalue weighted by atomic mass is 35.5. The first-order valence-electron chi connectivity index (χ1n) is 4.85. The molecule has 0 aliphatic carbocycles. The molecule has 0 fully saturated rings. The number of aromatic nitrogens is 2. The summed E-state index contributed by atoms with van der Waals surface area (Å²) in [5.41, 5.74) is 0. The van der Waals surface area contributed by atoms with Gasteiger partial charge in [-0.15, -0.1) is 0 Å². The maximum absolute atomic E-state index is 13.1. The Morgan fingerprint density at radius 1 is 1.21 bits per heavy atom. The fourth-order valence-electron chi connectivity index (χ4n) is 1.24. The fraction of sp³-hybridized carbons (Fsp3) is 0. The molecule has 1 aromatic heterocycles. The van der Waals surface area contributed by atoms with Gasteiger partial charge in [0, 0.05) is 6.20 Å². The highest BCUT2D eigenvalue weighted by molar-refractivity contribution is 7.92. The largest absolute Gasteiger partial charge is 0.265 e. The van der Waals surface area contributed by atoms with E-state index >= 15 is 0 Å². The summed E-state index contributed by atoms with van der Waals surface area (Å²) >= 11 is 11.3. The van der Waals surface area contributed by atoms with E-state index in [4.69, 9.17) is 23.2 Å². The average molecular weight is 322 g/mol. The molecule has 0 saturated heterocycles. The van der Waals surface area contributed by atoms with E-state index in [0.29, 0.717) is 0 Å². The van der Waals surface area contributed by atoms with Gasteiger partial charge in [0.2, 0.25) is 5.95 Å². The van der Waals surface area contributed by atoms with Crippen LogP contribution in [0.5, 0.6) is 0 Å². The van der Waals surface area contributed by atoms with E-state index in [1.165, 1.54) is 12.3 Å². The van der Waals surface area contributed by atoms with Crippen LogP contribution >= 0.6 is 23.2 Å². The van der Waals surface area contributed by atoms with Crippen molar-refractivity contribution < 1.29 is 12.8 Å². The van der Waals surface area contributed by atoms with Crippen LogP contribution < -0.4 is 4.72 Å². The molecule has 1 N–H and O–H groups in total. The van der Waals surface area contributed by atoms with Gasteiger partial charge in [-0.1, -0.05) is 23.2 Å². The predicted molar refractivity (Wildman–Crippen MR) is 69.3 cm³/mol. The molecule has 0 aliphatic heterocycles. The topological polar surface area (TPSA) is 72.0 Å². The summed E-state index contributed by atoms with van der Waals surface area (Å²) in [6.45, 7) is 0. The summed E-state index contributed by atoms with van der Waals surface area (Å²) in [6, 6.07) is 4.38. The van der Waals surface area contributed by atoms with Gasteiger partial charge < -0.3 is 0 Å². The number of benzene rings is 1. The zero-order valence-electron chi connectivity index (χ0n) is 9.14. The van der Waals surface area contributed by atoms with Crippen molar-refractivity contribution in [3.63, 3.8) is 0 Å². The minimum atomic E-state index is -4.09. The molecule has 5 nitrogen and oxygen atoms in total. The van der Waals surface area contributed by atoms with Crippen LogP contribution in [0.2, 0.25) is 10.2 Å². The lowest BCUT2D eigenvalue weighted by atomic mass is 10.3. The van der Waals surface area contributed by atoms with Gasteiger partial charge in [-0.05, 0) is 24.3 Å². The van der Waals surface area contributed by atoms with Gasteiger partial charge in [-0.2, -0.15) is 0 Å². The zero-order chi connectivity index (χ0) is 14.0. The molecule has 0 radical (unpaired) electrons. The molecule has 2 aromatic rings. The van der Waals surface area contributed by atoms with E-state index in [1.807, 2.05) is 0 Å². The normalized spacial score (nSPS) is 11.3. The van der Waals surface area contributed by atoms with E-state index in [2.05, 4.69) is 14.7 Å². The summed E-state index contributed by atoms with van der Waals surface area (Å²) in [4.78, 5) is 6.94. The van der Waals surface area contributed by atoms with Crippen LogP contribution in [0.25, 0.3) is 0 Å². The van der Waals surface area contributed by atoms with Crippen LogP contribution in [-0.2, 0) is 10.0 Å². The van der Waals surface area contributed by atoms with Gasteiger partial charge in [-0.25, -0.2) is 27.5 Å². The lowest BCUT2D eigenvalue weighted by molar-refractivity contribution is 0.595. The standard InChI is InChI=1S/C10H6Cl2FN3O2S/c11-7-2-1-6(13)5-8(7)19(17,18)16-10-14-4-3-9(12)15-10/h1-5H,(H,14,15,16). The van der Waals surface area contributed by atoms with Gasteiger partial charge in [0.15, 0.2) is 0 Å². The number of sulfonamides is 1. The smallest absolute Gasteiger partial charge is 0.247 e. The molecule has 1 aromatic carbocycles. The number of rotatable bonds is 3. The van der Waals surface area contributed by atoms with Crippen molar-refractivity contribution in [2.75, 3.05) is 4.72 Å². The van der Waals surface area contributed by atoms with Crippen molar-refractivity contribution in [2.45, 2.75) is 4.90 Å². The second-order valence-electron chi connectivity index (χ2n) is 3.38. The number of nitrogens with one attached hydrogen (secondary N) is 1. The number of halogens is 3. The van der Waals surface area contributed by atoms with Crippen molar-refractivity contribution in [3.8, 4) is 0 Å². The molecule has 0 spiro atoms. The van der Waals surface area contributed by atoms with Crippen LogP contribution in [0.4, 0.5) is 10.3 Å². The zero-order valence-corrected chi connectivity index (χ0v) is 11.5. The van der Waals surface area contributed by atoms with Crippen LogP contribution in [0.15, 0.2) is 35.4 Å². The Bertz CT molecular complexity index is 724. The second kappa shape index (κ2) is 5.28. The molecular formula is C10H6Cl2FN3O2S. The van der Waals surface area contributed by atoms with Gasteiger partial charge >= 0.3 is 0 Å². The Morgan fingerprint density at radius 3 is 2.63 bits per heavy atom. The van der Waals surface area contributed by atoms with Gasteiger partial charge in [-0.3, -0.25) is 0 Å². The van der Waals surface area contributed by atoms with Gasteiger partial charge in [0.05, 0.1) is 5.02 Å². The molecule has 0 unspecified atom stereocenters. The third-order valence-corrected chi connectivity index (χ3v) is 4.05. The first-order valence-corrected chi connectivity index (χ1v) is 7.09. The van der Waals surface area contributed by atoms with Crippen LogP contribution in [0.3, 0.4) is 0 Å². The summed E-state index contributed by atoms with van der Waals surface area (Å²) in [7, 11) is -4.09. The Balaban J connectivity index is 2.40. The molecule has 0 amide bonds. The van der Waals surface area contributed by atoms with Crippen LogP contribution in [-0.4, -0.2) is 18.4 Å². The average Bonchev–Trinajstić information content (AvgIpc) is 2.31. The van der Waals surface area contributed by atoms with Crippen LogP contribution in [0, 0.1) is 5.82 Å². The predicted octanol–water partition coefficient (Wildman–Crippen LogP) is 2.72. The molecule has 0 bridgehead atoms. The molecule has 0 saturated carbocycles. The van der Waals surface area contributed by atoms with E-state index in [9.17, 15) is 12.8 Å². The first-order chi connectivity index (χ1) is 8.88. The summed E-state index contributed by atoms with van der Waals surface area (Å²) in [5, 5.41) is -0.0473. The summed E-state index contributed by atoms with van der Waals surface area (Å²) < 4.78 is 39.1. The molecule has 0 atom stereocenters. The van der Waals surface area contributed by atoms with E-state index in [1.54, 1.807) is 0 Å². The summed E-state index contributed by atoms with van der Waals surface area (Å²) in [6.07, 6.45) is 1.28. The number of nitrogens with zero attached hydrogens (tertiary/aromatic N) is 2. The molecular weight excluding hydrogens is 316 g/mol. The maximum atomic E-state index is 13.1. The molecule has 1 heterocycles. The highest BCUT2D eigenvalue weighted by Crippen LogP contribution is 2.23. The number of anilines is 1. The first kappa shape index (κ1) is 14.0. The van der Waals surface area contributed by atoms with E-state index in [-0.39, 0.29) is 16.1 Å². The Hall–Kier alpha value is -1.44. The van der Waals surface area contributed by atoms with E-state index in [0.717, 1.165) is 18.2 Å². The maximum Gasteiger partial charge on any atom is 0.265 e. The Kier molecular flexibility index (Phi) is 3.88. The molecule has 19 heavy (non-hydrogen) atoms. The summed E-state index contributed by atoms with van der Waals surface area (Å²) in [5.74, 6) is -0.954. The number of hydrogen-bond acceptors (Lipinski definition) is 4. The third-order valence-electron chi connectivity index (χ3n) is 2.03. The van der Waals surface area contributed by atoms with Crippen molar-refractivity contribution in [3.05, 3.63) is 46.5 Å². The minimum Gasteiger partial charge on any atom is -0.247 e. The molecule has 0 aliphatic rings. The molecule has 2 rings (SSSR count). The van der Waals surface area contributed by atoms with Crippen LogP contribution in [0.1, 0.15) is 0 Å². The van der Waals surface area contributed by atoms with Crippen molar-refractivity contribution in [1.29, 1.82) is 0 Å². The van der Waals surface area contributed by atoms with Crippen molar-refractivity contribution >= 4 is 39.2 Å². The van der Waals surface area contributed by atoms with Gasteiger partial charge in [0.25, 0.3) is 10.0 Å². The molecule has 100 valence electrons.